The van der Waals surface area contributed by atoms with E-state index in [1.165, 1.54) is 4.90 Å². The molecule has 1 rings (SSSR count). The Balaban J connectivity index is 2.93. The lowest BCUT2D eigenvalue weighted by Gasteiger charge is -2.25. The monoisotopic (exact) mass is 338 g/mol. The van der Waals surface area contributed by atoms with E-state index in [1.807, 2.05) is 19.1 Å². The second-order valence-corrected chi connectivity index (χ2v) is 5.45. The van der Waals surface area contributed by atoms with Crippen LogP contribution in [0.2, 0.25) is 0 Å². The Morgan fingerprint density at radius 2 is 2.00 bits per heavy atom. The maximum atomic E-state index is 12.5. The zero-order valence-corrected chi connectivity index (χ0v) is 12.6. The molecule has 0 heterocycles. The van der Waals surface area contributed by atoms with Crippen LogP contribution in [0.1, 0.15) is 19.4 Å². The first-order valence-electron chi connectivity index (χ1n) is 6.08. The Kier molecular flexibility index (Phi) is 5.67. The van der Waals surface area contributed by atoms with E-state index in [-0.39, 0.29) is 6.04 Å². The second-order valence-electron chi connectivity index (χ2n) is 4.60. The molecule has 0 spiro atoms. The molecule has 2 nitrogen and oxygen atoms in total. The average Bonchev–Trinajstić information content (AvgIpc) is 2.24. The molecule has 0 radical (unpaired) electrons. The van der Waals surface area contributed by atoms with E-state index in [4.69, 9.17) is 5.73 Å². The molecule has 19 heavy (non-hydrogen) atoms. The SMILES string of the molecule is CCN(CC(F)(F)F)c1ccc(CC(C)N)cc1Br. The van der Waals surface area contributed by atoms with Crippen LogP contribution in [0.3, 0.4) is 0 Å². The third-order valence-corrected chi connectivity index (χ3v) is 3.30. The van der Waals surface area contributed by atoms with Gasteiger partial charge in [0.1, 0.15) is 6.54 Å². The minimum Gasteiger partial charge on any atom is -0.362 e. The van der Waals surface area contributed by atoms with Crippen molar-refractivity contribution in [2.75, 3.05) is 18.0 Å². The van der Waals surface area contributed by atoms with E-state index in [2.05, 4.69) is 15.9 Å². The summed E-state index contributed by atoms with van der Waals surface area (Å²) in [5.41, 5.74) is 7.26. The highest BCUT2D eigenvalue weighted by atomic mass is 79.9. The summed E-state index contributed by atoms with van der Waals surface area (Å²) in [6, 6.07) is 5.38. The molecule has 0 aliphatic rings. The fourth-order valence-electron chi connectivity index (χ4n) is 1.89. The van der Waals surface area contributed by atoms with Gasteiger partial charge in [0.15, 0.2) is 0 Å². The average molecular weight is 339 g/mol. The summed E-state index contributed by atoms with van der Waals surface area (Å²) in [5, 5.41) is 0. The van der Waals surface area contributed by atoms with Gasteiger partial charge in [-0.2, -0.15) is 13.2 Å². The van der Waals surface area contributed by atoms with Gasteiger partial charge in [-0.15, -0.1) is 0 Å². The summed E-state index contributed by atoms with van der Waals surface area (Å²) in [6.07, 6.45) is -3.51. The molecule has 0 aliphatic carbocycles. The molecule has 1 aromatic carbocycles. The summed E-state index contributed by atoms with van der Waals surface area (Å²) in [5.74, 6) is 0. The van der Waals surface area contributed by atoms with Gasteiger partial charge in [-0.3, -0.25) is 0 Å². The first-order chi connectivity index (χ1) is 8.73. The number of halogens is 4. The van der Waals surface area contributed by atoms with E-state index in [0.29, 0.717) is 23.1 Å². The standard InChI is InChI=1S/C13H18BrF3N2/c1-3-19(8-13(15,16)17)12-5-4-10(6-9(2)18)7-11(12)14/h4-5,7,9H,3,6,8,18H2,1-2H3. The van der Waals surface area contributed by atoms with Crippen molar-refractivity contribution >= 4 is 21.6 Å². The zero-order valence-electron chi connectivity index (χ0n) is 11.0. The van der Waals surface area contributed by atoms with Crippen molar-refractivity contribution in [3.8, 4) is 0 Å². The molecule has 0 saturated carbocycles. The van der Waals surface area contributed by atoms with Gasteiger partial charge in [-0.1, -0.05) is 6.07 Å². The largest absolute Gasteiger partial charge is 0.405 e. The minimum atomic E-state index is -4.21. The smallest absolute Gasteiger partial charge is 0.362 e. The van der Waals surface area contributed by atoms with Crippen molar-refractivity contribution in [3.05, 3.63) is 28.2 Å². The second kappa shape index (κ2) is 6.61. The maximum Gasteiger partial charge on any atom is 0.405 e. The molecule has 0 bridgehead atoms. The van der Waals surface area contributed by atoms with Crippen LogP contribution in [-0.2, 0) is 6.42 Å². The van der Waals surface area contributed by atoms with Gasteiger partial charge < -0.3 is 10.6 Å². The predicted octanol–water partition coefficient (Wildman–Crippen LogP) is 3.73. The molecule has 1 atom stereocenters. The van der Waals surface area contributed by atoms with Gasteiger partial charge >= 0.3 is 6.18 Å². The van der Waals surface area contributed by atoms with E-state index in [1.54, 1.807) is 13.0 Å². The normalized spacial score (nSPS) is 13.4. The number of alkyl halides is 3. The van der Waals surface area contributed by atoms with Gasteiger partial charge in [0, 0.05) is 17.1 Å². The number of anilines is 1. The minimum absolute atomic E-state index is 0.0233. The predicted molar refractivity (Wildman–Crippen MR) is 75.4 cm³/mol. The lowest BCUT2D eigenvalue weighted by Crippen LogP contribution is -2.34. The lowest BCUT2D eigenvalue weighted by atomic mass is 10.1. The number of benzene rings is 1. The van der Waals surface area contributed by atoms with E-state index >= 15 is 0 Å². The van der Waals surface area contributed by atoms with Crippen LogP contribution in [0, 0.1) is 0 Å². The highest BCUT2D eigenvalue weighted by molar-refractivity contribution is 9.10. The van der Waals surface area contributed by atoms with Gasteiger partial charge in [-0.25, -0.2) is 0 Å². The molecule has 108 valence electrons. The molecular weight excluding hydrogens is 321 g/mol. The van der Waals surface area contributed by atoms with Gasteiger partial charge in [-0.05, 0) is 53.9 Å². The lowest BCUT2D eigenvalue weighted by molar-refractivity contribution is -0.119. The summed E-state index contributed by atoms with van der Waals surface area (Å²) < 4.78 is 38.1. The molecule has 0 aromatic heterocycles. The number of hydrogen-bond acceptors (Lipinski definition) is 2. The first kappa shape index (κ1) is 16.3. The van der Waals surface area contributed by atoms with E-state index in [0.717, 1.165) is 5.56 Å². The fraction of sp³-hybridized carbons (Fsp3) is 0.538. The maximum absolute atomic E-state index is 12.5. The molecule has 6 heteroatoms. The van der Waals surface area contributed by atoms with E-state index in [9.17, 15) is 13.2 Å². The van der Waals surface area contributed by atoms with Crippen LogP contribution in [-0.4, -0.2) is 25.3 Å². The molecule has 2 N–H and O–H groups in total. The van der Waals surface area contributed by atoms with Crippen molar-refractivity contribution in [1.29, 1.82) is 0 Å². The Hall–Kier alpha value is -0.750. The molecule has 0 aliphatic heterocycles. The zero-order chi connectivity index (χ0) is 14.6. The van der Waals surface area contributed by atoms with Crippen LogP contribution in [0.5, 0.6) is 0 Å². The van der Waals surface area contributed by atoms with E-state index < -0.39 is 12.7 Å². The topological polar surface area (TPSA) is 29.3 Å². The summed E-state index contributed by atoms with van der Waals surface area (Å²) in [4.78, 5) is 1.29. The van der Waals surface area contributed by atoms with Crippen LogP contribution >= 0.6 is 15.9 Å². The third-order valence-electron chi connectivity index (χ3n) is 2.66. The van der Waals surface area contributed by atoms with Crippen LogP contribution < -0.4 is 10.6 Å². The Bertz CT molecular complexity index is 419. The first-order valence-corrected chi connectivity index (χ1v) is 6.88. The molecule has 1 unspecified atom stereocenters. The summed E-state index contributed by atoms with van der Waals surface area (Å²) in [6.45, 7) is 2.94. The van der Waals surface area contributed by atoms with Crippen molar-refractivity contribution in [2.24, 2.45) is 5.73 Å². The third kappa shape index (κ3) is 5.40. The van der Waals surface area contributed by atoms with Crippen LogP contribution in [0.4, 0.5) is 18.9 Å². The Morgan fingerprint density at radius 3 is 2.42 bits per heavy atom. The highest BCUT2D eigenvalue weighted by Crippen LogP contribution is 2.30. The number of hydrogen-bond donors (Lipinski definition) is 1. The van der Waals surface area contributed by atoms with Crippen LogP contribution in [0.15, 0.2) is 22.7 Å². The van der Waals surface area contributed by atoms with Gasteiger partial charge in [0.05, 0.1) is 5.69 Å². The molecular formula is C13H18BrF3N2. The Morgan fingerprint density at radius 1 is 1.37 bits per heavy atom. The summed E-state index contributed by atoms with van der Waals surface area (Å²) in [7, 11) is 0. The van der Waals surface area contributed by atoms with Crippen molar-refractivity contribution in [3.63, 3.8) is 0 Å². The fourth-order valence-corrected chi connectivity index (χ4v) is 2.57. The van der Waals surface area contributed by atoms with Gasteiger partial charge in [0.25, 0.3) is 0 Å². The number of rotatable bonds is 5. The Labute approximate surface area is 119 Å². The van der Waals surface area contributed by atoms with Crippen molar-refractivity contribution in [1.82, 2.24) is 0 Å². The van der Waals surface area contributed by atoms with Crippen LogP contribution in [0.25, 0.3) is 0 Å². The van der Waals surface area contributed by atoms with Crippen molar-refractivity contribution in [2.45, 2.75) is 32.5 Å². The molecule has 0 fully saturated rings. The molecule has 0 amide bonds. The molecule has 1 aromatic rings. The quantitative estimate of drug-likeness (QED) is 0.886. The number of nitrogens with zero attached hydrogens (tertiary/aromatic N) is 1. The van der Waals surface area contributed by atoms with Gasteiger partial charge in [0.2, 0.25) is 0 Å². The van der Waals surface area contributed by atoms with Crippen molar-refractivity contribution < 1.29 is 13.2 Å². The molecule has 0 saturated heterocycles. The number of nitrogens with two attached hydrogens (primary N) is 1. The summed E-state index contributed by atoms with van der Waals surface area (Å²) >= 11 is 3.34. The highest BCUT2D eigenvalue weighted by Gasteiger charge is 2.30.